The fourth-order valence-corrected chi connectivity index (χ4v) is 3.92. The molecular formula is C20H18ClN3O4S. The van der Waals surface area contributed by atoms with Crippen molar-refractivity contribution in [2.45, 2.75) is 33.3 Å². The third-order valence-corrected chi connectivity index (χ3v) is 6.03. The van der Waals surface area contributed by atoms with Crippen LogP contribution in [0.15, 0.2) is 28.7 Å². The van der Waals surface area contributed by atoms with Crippen molar-refractivity contribution in [2.75, 3.05) is 5.32 Å². The molecule has 1 aromatic carbocycles. The van der Waals surface area contributed by atoms with E-state index in [0.717, 1.165) is 23.3 Å². The van der Waals surface area contributed by atoms with Crippen LogP contribution in [0, 0.1) is 19.8 Å². The molecule has 0 spiro atoms. The molecule has 1 amide bonds. The Morgan fingerprint density at radius 3 is 2.66 bits per heavy atom. The Morgan fingerprint density at radius 1 is 1.24 bits per heavy atom. The van der Waals surface area contributed by atoms with Gasteiger partial charge in [-0.05, 0) is 56.5 Å². The maximum Gasteiger partial charge on any atom is 0.341 e. The first-order valence-corrected chi connectivity index (χ1v) is 10.3. The summed E-state index contributed by atoms with van der Waals surface area (Å²) in [7, 11) is 0. The van der Waals surface area contributed by atoms with Gasteiger partial charge in [-0.25, -0.2) is 4.79 Å². The van der Waals surface area contributed by atoms with Gasteiger partial charge in [0.15, 0.2) is 6.61 Å². The first-order chi connectivity index (χ1) is 13.9. The van der Waals surface area contributed by atoms with Crippen LogP contribution in [-0.2, 0) is 16.1 Å². The number of thiophene rings is 1. The van der Waals surface area contributed by atoms with Crippen molar-refractivity contribution < 1.29 is 18.7 Å². The highest BCUT2D eigenvalue weighted by atomic mass is 35.5. The van der Waals surface area contributed by atoms with Crippen molar-refractivity contribution in [1.29, 1.82) is 0 Å². The van der Waals surface area contributed by atoms with Crippen molar-refractivity contribution in [3.8, 4) is 11.5 Å². The molecule has 3 aromatic rings. The number of carbonyl (C=O) groups excluding carboxylic acids is 2. The van der Waals surface area contributed by atoms with Gasteiger partial charge in [-0.15, -0.1) is 21.5 Å². The molecule has 9 heteroatoms. The van der Waals surface area contributed by atoms with Crippen molar-refractivity contribution in [3.05, 3.63) is 51.2 Å². The normalized spacial score (nSPS) is 13.3. The molecule has 0 atom stereocenters. The third-order valence-electron chi connectivity index (χ3n) is 4.66. The van der Waals surface area contributed by atoms with Crippen LogP contribution in [0.25, 0.3) is 11.5 Å². The molecule has 29 heavy (non-hydrogen) atoms. The number of hydrogen-bond acceptors (Lipinski definition) is 7. The van der Waals surface area contributed by atoms with Crippen LogP contribution in [-0.4, -0.2) is 22.1 Å². The van der Waals surface area contributed by atoms with Crippen LogP contribution < -0.4 is 5.32 Å². The average Bonchev–Trinajstić information content (AvgIpc) is 3.38. The van der Waals surface area contributed by atoms with Crippen LogP contribution in [0.2, 0.25) is 5.02 Å². The predicted molar refractivity (Wildman–Crippen MR) is 109 cm³/mol. The number of benzene rings is 1. The molecule has 1 fully saturated rings. The molecule has 0 aliphatic heterocycles. The number of amides is 1. The van der Waals surface area contributed by atoms with E-state index in [-0.39, 0.29) is 24.3 Å². The second-order valence-electron chi connectivity index (χ2n) is 6.83. The van der Waals surface area contributed by atoms with E-state index in [0.29, 0.717) is 27.0 Å². The lowest BCUT2D eigenvalue weighted by molar-refractivity contribution is -0.117. The van der Waals surface area contributed by atoms with Gasteiger partial charge in [-0.2, -0.15) is 0 Å². The van der Waals surface area contributed by atoms with Crippen molar-refractivity contribution in [3.63, 3.8) is 0 Å². The van der Waals surface area contributed by atoms with E-state index < -0.39 is 5.97 Å². The minimum atomic E-state index is -0.538. The summed E-state index contributed by atoms with van der Waals surface area (Å²) in [5, 5.41) is 11.9. The van der Waals surface area contributed by atoms with Crippen LogP contribution in [0.4, 0.5) is 5.00 Å². The van der Waals surface area contributed by atoms with E-state index in [9.17, 15) is 9.59 Å². The zero-order chi connectivity index (χ0) is 20.5. The maximum atomic E-state index is 12.7. The summed E-state index contributed by atoms with van der Waals surface area (Å²) in [6.07, 6.45) is 1.78. The number of anilines is 1. The van der Waals surface area contributed by atoms with Gasteiger partial charge < -0.3 is 14.5 Å². The van der Waals surface area contributed by atoms with Gasteiger partial charge in [-0.1, -0.05) is 11.6 Å². The van der Waals surface area contributed by atoms with Crippen LogP contribution in [0.1, 0.15) is 39.5 Å². The highest BCUT2D eigenvalue weighted by Gasteiger charge is 2.31. The number of rotatable bonds is 6. The Labute approximate surface area is 176 Å². The summed E-state index contributed by atoms with van der Waals surface area (Å²) in [5.74, 6) is -0.0515. The van der Waals surface area contributed by atoms with Crippen LogP contribution in [0.3, 0.4) is 0 Å². The highest BCUT2D eigenvalue weighted by Crippen LogP contribution is 2.36. The number of halogens is 1. The van der Waals surface area contributed by atoms with E-state index >= 15 is 0 Å². The summed E-state index contributed by atoms with van der Waals surface area (Å²) in [6, 6.07) is 6.97. The molecule has 4 rings (SSSR count). The molecule has 7 nitrogen and oxygen atoms in total. The van der Waals surface area contributed by atoms with Crippen molar-refractivity contribution in [2.24, 2.45) is 5.92 Å². The number of hydrogen-bond donors (Lipinski definition) is 1. The zero-order valence-corrected chi connectivity index (χ0v) is 17.4. The molecule has 0 saturated heterocycles. The van der Waals surface area contributed by atoms with Crippen LogP contribution >= 0.6 is 22.9 Å². The van der Waals surface area contributed by atoms with Crippen LogP contribution in [0.5, 0.6) is 0 Å². The quantitative estimate of drug-likeness (QED) is 0.564. The minimum absolute atomic E-state index is 0.0475. The van der Waals surface area contributed by atoms with Gasteiger partial charge in [0, 0.05) is 21.4 Å². The molecule has 150 valence electrons. The predicted octanol–water partition coefficient (Wildman–Crippen LogP) is 4.77. The average molecular weight is 432 g/mol. The lowest BCUT2D eigenvalue weighted by Gasteiger charge is -2.06. The van der Waals surface area contributed by atoms with E-state index in [1.165, 1.54) is 11.3 Å². The summed E-state index contributed by atoms with van der Waals surface area (Å²) < 4.78 is 10.9. The van der Waals surface area contributed by atoms with E-state index in [4.69, 9.17) is 20.8 Å². The molecule has 1 aliphatic carbocycles. The molecule has 0 unspecified atom stereocenters. The van der Waals surface area contributed by atoms with Gasteiger partial charge in [-0.3, -0.25) is 4.79 Å². The van der Waals surface area contributed by atoms with E-state index in [1.807, 2.05) is 13.8 Å². The number of aryl methyl sites for hydroxylation is 1. The number of ether oxygens (including phenoxy) is 1. The monoisotopic (exact) mass is 431 g/mol. The molecule has 0 bridgehead atoms. The molecule has 2 aromatic heterocycles. The Bertz CT molecular complexity index is 1070. The zero-order valence-electron chi connectivity index (χ0n) is 15.8. The third kappa shape index (κ3) is 4.33. The molecule has 1 N–H and O–H groups in total. The van der Waals surface area contributed by atoms with Gasteiger partial charge >= 0.3 is 5.97 Å². The lowest BCUT2D eigenvalue weighted by Crippen LogP contribution is -2.16. The topological polar surface area (TPSA) is 94.3 Å². The van der Waals surface area contributed by atoms with E-state index in [2.05, 4.69) is 15.5 Å². The Kier molecular flexibility index (Phi) is 5.38. The number of aromatic nitrogens is 2. The van der Waals surface area contributed by atoms with Gasteiger partial charge in [0.25, 0.3) is 5.89 Å². The Morgan fingerprint density at radius 2 is 1.97 bits per heavy atom. The minimum Gasteiger partial charge on any atom is -0.452 e. The first-order valence-electron chi connectivity index (χ1n) is 9.08. The van der Waals surface area contributed by atoms with Gasteiger partial charge in [0.2, 0.25) is 11.8 Å². The molecule has 2 heterocycles. The first kappa shape index (κ1) is 19.6. The smallest absolute Gasteiger partial charge is 0.341 e. The molecule has 1 saturated carbocycles. The molecule has 0 radical (unpaired) electrons. The SMILES string of the molecule is Cc1sc(NC(=O)C2CC2)c(C(=O)OCc2nnc(-c3ccc(Cl)cc3)o2)c1C. The van der Waals surface area contributed by atoms with E-state index in [1.54, 1.807) is 24.3 Å². The van der Waals surface area contributed by atoms with Gasteiger partial charge in [0.1, 0.15) is 5.00 Å². The Balaban J connectivity index is 1.45. The summed E-state index contributed by atoms with van der Waals surface area (Å²) in [6.45, 7) is 3.57. The second kappa shape index (κ2) is 7.96. The fraction of sp³-hybridized carbons (Fsp3) is 0.300. The maximum absolute atomic E-state index is 12.7. The lowest BCUT2D eigenvalue weighted by atomic mass is 10.1. The number of esters is 1. The standard InChI is InChI=1S/C20H18ClN3O4S/c1-10-11(2)29-19(22-17(25)12-3-4-12)16(10)20(26)27-9-15-23-24-18(28-15)13-5-7-14(21)8-6-13/h5-8,12H,3-4,9H2,1-2H3,(H,22,25). The molecular weight excluding hydrogens is 414 g/mol. The largest absolute Gasteiger partial charge is 0.452 e. The summed E-state index contributed by atoms with van der Waals surface area (Å²) >= 11 is 7.25. The Hall–Kier alpha value is -2.71. The summed E-state index contributed by atoms with van der Waals surface area (Å²) in [4.78, 5) is 25.7. The molecule has 1 aliphatic rings. The number of nitrogens with zero attached hydrogens (tertiary/aromatic N) is 2. The summed E-state index contributed by atoms with van der Waals surface area (Å²) in [5.41, 5.74) is 1.88. The fourth-order valence-electron chi connectivity index (χ4n) is 2.74. The number of carbonyl (C=O) groups is 2. The second-order valence-corrected chi connectivity index (χ2v) is 8.50. The van der Waals surface area contributed by atoms with Crippen molar-refractivity contribution >= 4 is 39.8 Å². The van der Waals surface area contributed by atoms with Crippen molar-refractivity contribution in [1.82, 2.24) is 10.2 Å². The van der Waals surface area contributed by atoms with Gasteiger partial charge in [0.05, 0.1) is 5.56 Å². The number of nitrogens with one attached hydrogen (secondary N) is 1. The highest BCUT2D eigenvalue weighted by molar-refractivity contribution is 7.16.